The van der Waals surface area contributed by atoms with E-state index in [4.69, 9.17) is 5.11 Å². The maximum absolute atomic E-state index is 13.0. The topological polar surface area (TPSA) is 100 Å². The van der Waals surface area contributed by atoms with Gasteiger partial charge in [-0.2, -0.15) is 0 Å². The highest BCUT2D eigenvalue weighted by Gasteiger charge is 2.41. The number of carbonyl (C=O) groups excluding carboxylic acids is 1. The first-order valence-electron chi connectivity index (χ1n) is 7.93. The molecule has 126 valence electrons. The van der Waals surface area contributed by atoms with E-state index in [1.165, 1.54) is 0 Å². The van der Waals surface area contributed by atoms with Crippen molar-refractivity contribution in [3.8, 4) is 0 Å². The maximum Gasteiger partial charge on any atom is 0.404 e. The van der Waals surface area contributed by atoms with E-state index in [1.54, 1.807) is 6.20 Å². The molecule has 3 atom stereocenters. The van der Waals surface area contributed by atoms with Crippen LogP contribution in [0.15, 0.2) is 18.5 Å². The summed E-state index contributed by atoms with van der Waals surface area (Å²) in [7, 11) is 0. The van der Waals surface area contributed by atoms with Crippen LogP contribution in [0.2, 0.25) is 0 Å². The van der Waals surface area contributed by atoms with Crippen molar-refractivity contribution in [1.29, 1.82) is 0 Å². The number of aryl methyl sites for hydroxylation is 1. The fraction of sp³-hybridized carbons (Fsp3) is 0.438. The summed E-state index contributed by atoms with van der Waals surface area (Å²) in [4.78, 5) is 31.7. The molecule has 2 aromatic heterocycles. The molecule has 0 radical (unpaired) electrons. The summed E-state index contributed by atoms with van der Waals surface area (Å²) in [6.45, 7) is 0.682. The molecule has 7 nitrogen and oxygen atoms in total. The molecule has 2 aromatic rings. The van der Waals surface area contributed by atoms with Crippen LogP contribution >= 0.6 is 22.6 Å². The number of aromatic nitrogens is 3. The number of carbonyl (C=O) groups is 2. The standard InChI is InChI=1S/C16H17IN4O3/c17-12-6-18-15(20-12)9-5-11(22)13-10(19-16(23)24)2-1-8-3-4-21(7-9)14(8)13/h3-4,6,9-10,13,19H,1-2,5,7H2,(H,18,20)(H,23,24)/t9-,10-,13?/m0/s1. The highest BCUT2D eigenvalue weighted by Crippen LogP contribution is 2.39. The van der Waals surface area contributed by atoms with E-state index < -0.39 is 12.0 Å². The third-order valence-electron chi connectivity index (χ3n) is 4.99. The first kappa shape index (κ1) is 15.7. The van der Waals surface area contributed by atoms with Gasteiger partial charge in [-0.25, -0.2) is 9.78 Å². The maximum atomic E-state index is 13.0. The minimum atomic E-state index is -1.07. The van der Waals surface area contributed by atoms with E-state index in [9.17, 15) is 9.59 Å². The summed E-state index contributed by atoms with van der Waals surface area (Å²) < 4.78 is 3.06. The molecule has 4 rings (SSSR count). The highest BCUT2D eigenvalue weighted by atomic mass is 127. The molecule has 0 bridgehead atoms. The number of Topliss-reactive ketones (excluding diaryl/α,β-unsaturated/α-hetero) is 1. The number of hydrogen-bond donors (Lipinski definition) is 3. The van der Waals surface area contributed by atoms with Gasteiger partial charge in [0, 0.05) is 36.8 Å². The van der Waals surface area contributed by atoms with Gasteiger partial charge in [-0.05, 0) is 47.1 Å². The lowest BCUT2D eigenvalue weighted by Crippen LogP contribution is -2.44. The fourth-order valence-electron chi connectivity index (χ4n) is 4.01. The van der Waals surface area contributed by atoms with Gasteiger partial charge >= 0.3 is 6.09 Å². The molecule has 24 heavy (non-hydrogen) atoms. The predicted octanol–water partition coefficient (Wildman–Crippen LogP) is 2.24. The van der Waals surface area contributed by atoms with Gasteiger partial charge in [0.2, 0.25) is 0 Å². The smallest absolute Gasteiger partial charge is 0.404 e. The number of amides is 1. The fourth-order valence-corrected chi connectivity index (χ4v) is 4.43. The van der Waals surface area contributed by atoms with Gasteiger partial charge in [0.05, 0.1) is 15.8 Å². The van der Waals surface area contributed by atoms with Crippen LogP contribution in [0, 0.1) is 3.70 Å². The first-order chi connectivity index (χ1) is 11.5. The molecule has 0 aromatic carbocycles. The number of ketones is 1. The average Bonchev–Trinajstić information content (AvgIpc) is 3.09. The Hall–Kier alpha value is -1.84. The van der Waals surface area contributed by atoms with Crippen LogP contribution < -0.4 is 5.32 Å². The molecule has 0 fully saturated rings. The number of nitrogens with zero attached hydrogens (tertiary/aromatic N) is 2. The van der Waals surface area contributed by atoms with Crippen LogP contribution in [-0.4, -0.2) is 37.6 Å². The zero-order chi connectivity index (χ0) is 16.8. The summed E-state index contributed by atoms with van der Waals surface area (Å²) in [5.74, 6) is 0.479. The largest absolute Gasteiger partial charge is 0.465 e. The van der Waals surface area contributed by atoms with Gasteiger partial charge < -0.3 is 20.0 Å². The minimum absolute atomic E-state index is 0.0198. The molecule has 3 heterocycles. The molecule has 1 amide bonds. The predicted molar refractivity (Wildman–Crippen MR) is 94.1 cm³/mol. The van der Waals surface area contributed by atoms with Crippen molar-refractivity contribution in [2.45, 2.75) is 43.7 Å². The SMILES string of the molecule is O=C(O)N[C@H]1CCc2ccn3c2C1C(=O)C[C@H](c1ncc(I)[nH]1)C3. The summed E-state index contributed by atoms with van der Waals surface area (Å²) in [5, 5.41) is 11.7. The number of halogens is 1. The van der Waals surface area contributed by atoms with Gasteiger partial charge in [-0.15, -0.1) is 0 Å². The van der Waals surface area contributed by atoms with Crippen molar-refractivity contribution in [3.05, 3.63) is 39.2 Å². The molecule has 2 aliphatic rings. The van der Waals surface area contributed by atoms with E-state index >= 15 is 0 Å². The van der Waals surface area contributed by atoms with Crippen molar-refractivity contribution in [2.24, 2.45) is 0 Å². The summed E-state index contributed by atoms with van der Waals surface area (Å²) in [5.41, 5.74) is 2.14. The minimum Gasteiger partial charge on any atom is -0.465 e. The summed E-state index contributed by atoms with van der Waals surface area (Å²) >= 11 is 2.17. The number of aromatic amines is 1. The van der Waals surface area contributed by atoms with Crippen molar-refractivity contribution in [2.75, 3.05) is 0 Å². The Morgan fingerprint density at radius 2 is 2.33 bits per heavy atom. The Balaban J connectivity index is 1.73. The Bertz CT molecular complexity index is 812. The van der Waals surface area contributed by atoms with Crippen LogP contribution in [0.1, 0.15) is 41.8 Å². The monoisotopic (exact) mass is 440 g/mol. The third kappa shape index (κ3) is 2.62. The van der Waals surface area contributed by atoms with Crippen LogP contribution in [0.5, 0.6) is 0 Å². The molecule has 1 unspecified atom stereocenters. The lowest BCUT2D eigenvalue weighted by Gasteiger charge is -2.31. The number of hydrogen-bond acceptors (Lipinski definition) is 3. The average molecular weight is 440 g/mol. The van der Waals surface area contributed by atoms with Gasteiger partial charge in [0.25, 0.3) is 0 Å². The normalized spacial score (nSPS) is 25.9. The quantitative estimate of drug-likeness (QED) is 0.624. The van der Waals surface area contributed by atoms with Gasteiger partial charge in [0.15, 0.2) is 0 Å². The molecule has 8 heteroatoms. The second kappa shape index (κ2) is 5.91. The number of nitrogens with one attached hydrogen (secondary N) is 2. The zero-order valence-electron chi connectivity index (χ0n) is 12.8. The van der Waals surface area contributed by atoms with Gasteiger partial charge in [-0.1, -0.05) is 0 Å². The molecule has 3 N–H and O–H groups in total. The first-order valence-corrected chi connectivity index (χ1v) is 9.01. The van der Waals surface area contributed by atoms with E-state index in [0.717, 1.165) is 27.2 Å². The van der Waals surface area contributed by atoms with Gasteiger partial charge in [-0.3, -0.25) is 4.79 Å². The van der Waals surface area contributed by atoms with E-state index in [-0.39, 0.29) is 17.7 Å². The number of carboxylic acid groups (broad SMARTS) is 1. The third-order valence-corrected chi connectivity index (χ3v) is 5.54. The Morgan fingerprint density at radius 3 is 3.04 bits per heavy atom. The number of rotatable bonds is 2. The molecule has 0 saturated carbocycles. The second-order valence-corrected chi connectivity index (χ2v) is 7.60. The molecule has 1 aliphatic heterocycles. The van der Waals surface area contributed by atoms with E-state index in [1.807, 2.05) is 6.20 Å². The molecular formula is C16H17IN4O3. The van der Waals surface area contributed by atoms with Crippen LogP contribution in [0.3, 0.4) is 0 Å². The van der Waals surface area contributed by atoms with E-state index in [2.05, 4.69) is 48.5 Å². The van der Waals surface area contributed by atoms with Crippen molar-refractivity contribution < 1.29 is 14.7 Å². The number of imidazole rings is 1. The lowest BCUT2D eigenvalue weighted by atomic mass is 9.79. The van der Waals surface area contributed by atoms with Crippen molar-refractivity contribution in [3.63, 3.8) is 0 Å². The lowest BCUT2D eigenvalue weighted by molar-refractivity contribution is -0.121. The summed E-state index contributed by atoms with van der Waals surface area (Å²) in [6.07, 6.45) is 4.52. The van der Waals surface area contributed by atoms with Crippen molar-refractivity contribution >= 4 is 34.5 Å². The van der Waals surface area contributed by atoms with E-state index in [0.29, 0.717) is 19.4 Å². The van der Waals surface area contributed by atoms with Crippen LogP contribution in [-0.2, 0) is 17.8 Å². The molecule has 0 spiro atoms. The zero-order valence-corrected chi connectivity index (χ0v) is 15.0. The highest BCUT2D eigenvalue weighted by molar-refractivity contribution is 14.1. The number of H-pyrrole nitrogens is 1. The molecule has 0 saturated heterocycles. The van der Waals surface area contributed by atoms with Crippen LogP contribution in [0.4, 0.5) is 4.79 Å². The second-order valence-electron chi connectivity index (χ2n) is 6.43. The molecule has 1 aliphatic carbocycles. The summed E-state index contributed by atoms with van der Waals surface area (Å²) in [6, 6.07) is 1.70. The Labute approximate surface area is 152 Å². The Kier molecular flexibility index (Phi) is 3.86. The van der Waals surface area contributed by atoms with Crippen LogP contribution in [0.25, 0.3) is 0 Å². The molecular weight excluding hydrogens is 423 g/mol. The van der Waals surface area contributed by atoms with Gasteiger partial charge in [0.1, 0.15) is 11.6 Å². The van der Waals surface area contributed by atoms with Crippen molar-refractivity contribution in [1.82, 2.24) is 19.9 Å². The Morgan fingerprint density at radius 1 is 1.50 bits per heavy atom.